The fourth-order valence-electron chi connectivity index (χ4n) is 8.37. The SMILES string of the molecule is CC(=O)N1CCc2c(c(N3CCCc4cc(-c5cnn(C)c5)c(C(F)F)cc43)nn2C2CCN(C3CC[CH-]CC3)CC2)C1.O=C(O)c1cc[c-]cc1.[Os+2]. The molecule has 53 heavy (non-hydrogen) atoms. The number of fused-ring (bicyclic) bond motifs is 2. The van der Waals surface area contributed by atoms with E-state index in [2.05, 4.69) is 32.1 Å². The number of benzene rings is 2. The summed E-state index contributed by atoms with van der Waals surface area (Å²) in [5, 5.41) is 17.9. The van der Waals surface area contributed by atoms with Crippen LogP contribution in [-0.4, -0.2) is 78.6 Å². The van der Waals surface area contributed by atoms with Crippen molar-refractivity contribution in [3.8, 4) is 11.1 Å². The summed E-state index contributed by atoms with van der Waals surface area (Å²) in [6.07, 6.45) is 12.9. The van der Waals surface area contributed by atoms with Gasteiger partial charge in [-0.15, -0.1) is 0 Å². The molecule has 2 aromatic heterocycles. The Morgan fingerprint density at radius 2 is 1.74 bits per heavy atom. The summed E-state index contributed by atoms with van der Waals surface area (Å²) >= 11 is 0. The van der Waals surface area contributed by atoms with Gasteiger partial charge in [0.15, 0.2) is 5.82 Å². The Bertz CT molecular complexity index is 1880. The third kappa shape index (κ3) is 8.42. The number of carboxylic acids is 1. The minimum atomic E-state index is -2.61. The Hall–Kier alpha value is -3.94. The van der Waals surface area contributed by atoms with Gasteiger partial charge in [0.05, 0.1) is 18.8 Å². The van der Waals surface area contributed by atoms with Crippen molar-refractivity contribution in [2.45, 2.75) is 89.8 Å². The van der Waals surface area contributed by atoms with Gasteiger partial charge in [-0.2, -0.15) is 53.4 Å². The van der Waals surface area contributed by atoms with E-state index in [0.717, 1.165) is 67.8 Å². The van der Waals surface area contributed by atoms with Gasteiger partial charge in [0.25, 0.3) is 6.43 Å². The zero-order valence-electron chi connectivity index (χ0n) is 30.3. The number of aryl methyl sites for hydroxylation is 2. The van der Waals surface area contributed by atoms with Crippen molar-refractivity contribution < 1.29 is 43.3 Å². The fraction of sp³-hybridized carbons (Fsp3) is 0.475. The first-order valence-electron chi connectivity index (χ1n) is 18.5. The van der Waals surface area contributed by atoms with Gasteiger partial charge >= 0.3 is 25.8 Å². The first-order chi connectivity index (χ1) is 25.2. The predicted octanol–water partition coefficient (Wildman–Crippen LogP) is 7.18. The molecule has 0 unspecified atom stereocenters. The van der Waals surface area contributed by atoms with Crippen LogP contribution in [0.15, 0.2) is 48.8 Å². The Morgan fingerprint density at radius 1 is 1.00 bits per heavy atom. The maximum absolute atomic E-state index is 14.5. The molecule has 2 aromatic carbocycles. The molecule has 10 nitrogen and oxygen atoms in total. The number of carbonyl (C=O) groups is 2. The molecule has 8 rings (SSSR count). The number of carboxylic acid groups (broad SMARTS) is 1. The maximum Gasteiger partial charge on any atom is 2.00 e. The summed E-state index contributed by atoms with van der Waals surface area (Å²) in [4.78, 5) is 29.4. The van der Waals surface area contributed by atoms with Gasteiger partial charge in [-0.25, -0.2) is 13.6 Å². The molecule has 4 aromatic rings. The molecule has 1 aliphatic carbocycles. The predicted molar refractivity (Wildman–Crippen MR) is 195 cm³/mol. The zero-order chi connectivity index (χ0) is 36.4. The second-order valence-corrected chi connectivity index (χ2v) is 14.4. The maximum atomic E-state index is 14.5. The first-order valence-corrected chi connectivity index (χ1v) is 18.5. The molecule has 3 aliphatic heterocycles. The number of nitrogens with zero attached hydrogens (tertiary/aromatic N) is 7. The molecule has 13 heteroatoms. The summed E-state index contributed by atoms with van der Waals surface area (Å²) in [5.74, 6) is -0.00646. The van der Waals surface area contributed by atoms with Crippen LogP contribution in [0.1, 0.15) is 97.1 Å². The molecule has 1 amide bonds. The van der Waals surface area contributed by atoms with E-state index in [1.807, 2.05) is 11.0 Å². The molecular formula is C40H47F2N7O3Os. The largest absolute Gasteiger partial charge is 2.00 e. The molecule has 282 valence electrons. The third-order valence-electron chi connectivity index (χ3n) is 11.1. The topological polar surface area (TPSA) is 99.7 Å². The molecule has 1 saturated carbocycles. The van der Waals surface area contributed by atoms with E-state index in [9.17, 15) is 18.4 Å². The van der Waals surface area contributed by atoms with E-state index >= 15 is 0 Å². The molecule has 0 bridgehead atoms. The zero-order valence-corrected chi connectivity index (χ0v) is 32.9. The van der Waals surface area contributed by atoms with Crippen LogP contribution in [0.5, 0.6) is 0 Å². The van der Waals surface area contributed by atoms with Crippen LogP contribution in [0.25, 0.3) is 11.1 Å². The van der Waals surface area contributed by atoms with Gasteiger partial charge in [-0.1, -0.05) is 12.8 Å². The number of aromatic carboxylic acids is 1. The van der Waals surface area contributed by atoms with Crippen molar-refractivity contribution in [3.05, 3.63) is 89.2 Å². The summed E-state index contributed by atoms with van der Waals surface area (Å²) in [6, 6.07) is 13.5. The number of piperidine rings is 1. The van der Waals surface area contributed by atoms with Gasteiger partial charge in [0.2, 0.25) is 5.91 Å². The van der Waals surface area contributed by atoms with Crippen molar-refractivity contribution >= 4 is 23.4 Å². The normalized spacial score (nSPS) is 18.1. The number of alkyl halides is 2. The number of likely N-dealkylation sites (tertiary alicyclic amines) is 1. The van der Waals surface area contributed by atoms with Crippen molar-refractivity contribution in [3.63, 3.8) is 0 Å². The fourth-order valence-corrected chi connectivity index (χ4v) is 8.37. The van der Waals surface area contributed by atoms with E-state index < -0.39 is 12.4 Å². The van der Waals surface area contributed by atoms with Crippen LogP contribution in [0.3, 0.4) is 0 Å². The van der Waals surface area contributed by atoms with Crippen LogP contribution in [0, 0.1) is 12.5 Å². The standard InChI is InChI=1S/C33H42F2N7O.C7H5O2.Os/c1-22(43)40-16-12-30-29(21-40)33(37-42(30)26-10-14-39(15-11-26)25-8-4-3-5-9-25)41-13-6-7-23-17-27(24-19-36-38(2)20-24)28(32(34)35)18-31(23)41;8-7(9)6-4-2-1-3-5-6;/h3,17-20,25-26,32H,4-16,21H2,1-2H3;2-5H,(H,8,9);/q2*-1;+2. The minimum Gasteiger partial charge on any atom is -0.479 e. The summed E-state index contributed by atoms with van der Waals surface area (Å²) in [5.41, 5.74) is 5.72. The monoisotopic (exact) mass is 903 g/mol. The van der Waals surface area contributed by atoms with Crippen molar-refractivity contribution in [1.29, 1.82) is 0 Å². The summed E-state index contributed by atoms with van der Waals surface area (Å²) in [6.45, 7) is 5.70. The van der Waals surface area contributed by atoms with Crippen LogP contribution >= 0.6 is 0 Å². The second kappa shape index (κ2) is 17.0. The number of aromatic nitrogens is 4. The minimum absolute atomic E-state index is 0. The van der Waals surface area contributed by atoms with Gasteiger partial charge < -0.3 is 26.2 Å². The van der Waals surface area contributed by atoms with Gasteiger partial charge in [0.1, 0.15) is 0 Å². The average Bonchev–Trinajstić information content (AvgIpc) is 3.78. The van der Waals surface area contributed by atoms with Crippen molar-refractivity contribution in [1.82, 2.24) is 29.4 Å². The Morgan fingerprint density at radius 3 is 2.36 bits per heavy atom. The molecular weight excluding hydrogens is 855 g/mol. The van der Waals surface area contributed by atoms with Gasteiger partial charge in [0, 0.05) is 86.9 Å². The van der Waals surface area contributed by atoms with Gasteiger partial charge in [-0.05, 0) is 54.5 Å². The average molecular weight is 902 g/mol. The van der Waals surface area contributed by atoms with Crippen LogP contribution in [-0.2, 0) is 51.0 Å². The molecule has 1 saturated heterocycles. The van der Waals surface area contributed by atoms with E-state index in [4.69, 9.17) is 10.2 Å². The number of hydrogen-bond acceptors (Lipinski definition) is 6. The van der Waals surface area contributed by atoms with Crippen LogP contribution < -0.4 is 4.90 Å². The van der Waals surface area contributed by atoms with E-state index in [-0.39, 0.29) is 31.3 Å². The number of amides is 1. The number of rotatable bonds is 6. The Balaban J connectivity index is 0.000000423. The van der Waals surface area contributed by atoms with E-state index in [1.165, 1.54) is 43.5 Å². The second-order valence-electron chi connectivity index (χ2n) is 14.4. The summed E-state index contributed by atoms with van der Waals surface area (Å²) < 4.78 is 33.0. The molecule has 5 heterocycles. The molecule has 1 N–H and O–H groups in total. The summed E-state index contributed by atoms with van der Waals surface area (Å²) in [7, 11) is 1.80. The third-order valence-corrected chi connectivity index (χ3v) is 11.1. The quantitative estimate of drug-likeness (QED) is 0.205. The molecule has 0 radical (unpaired) electrons. The van der Waals surface area contributed by atoms with E-state index in [1.54, 1.807) is 49.2 Å². The number of halogens is 2. The molecule has 0 spiro atoms. The molecule has 4 aliphatic rings. The smallest absolute Gasteiger partial charge is 0.479 e. The van der Waals surface area contributed by atoms with Crippen molar-refractivity contribution in [2.75, 3.05) is 31.1 Å². The van der Waals surface area contributed by atoms with E-state index in [0.29, 0.717) is 48.4 Å². The van der Waals surface area contributed by atoms with Crippen molar-refractivity contribution in [2.24, 2.45) is 7.05 Å². The first kappa shape index (κ1) is 38.8. The number of anilines is 2. The van der Waals surface area contributed by atoms with Crippen LogP contribution in [0.4, 0.5) is 20.3 Å². The Kier molecular flexibility index (Phi) is 12.5. The number of carbonyl (C=O) groups excluding carboxylic acids is 1. The van der Waals surface area contributed by atoms with Gasteiger partial charge in [-0.3, -0.25) is 14.2 Å². The van der Waals surface area contributed by atoms with Crippen LogP contribution in [0.2, 0.25) is 0 Å². The molecule has 0 atom stereocenters. The Labute approximate surface area is 323 Å². The number of hydrogen-bond donors (Lipinski definition) is 1. The molecule has 2 fully saturated rings.